The lowest BCUT2D eigenvalue weighted by Gasteiger charge is -2.23. The van der Waals surface area contributed by atoms with E-state index in [2.05, 4.69) is 6.92 Å². The first-order chi connectivity index (χ1) is 10.2. The highest BCUT2D eigenvalue weighted by atomic mass is 16.6. The van der Waals surface area contributed by atoms with Gasteiger partial charge in [0.15, 0.2) is 0 Å². The van der Waals surface area contributed by atoms with Crippen molar-refractivity contribution in [2.24, 2.45) is 0 Å². The summed E-state index contributed by atoms with van der Waals surface area (Å²) in [7, 11) is 0. The molecular weight excluding hydrogens is 272 g/mol. The number of aliphatic hydroxyl groups is 3. The van der Waals surface area contributed by atoms with E-state index in [1.54, 1.807) is 6.26 Å². The maximum absolute atomic E-state index is 9.71. The molecule has 0 aliphatic carbocycles. The largest absolute Gasteiger partial charge is 0.493 e. The van der Waals surface area contributed by atoms with Crippen molar-refractivity contribution in [2.75, 3.05) is 13.2 Å². The van der Waals surface area contributed by atoms with Gasteiger partial charge in [0.2, 0.25) is 0 Å². The molecule has 21 heavy (non-hydrogen) atoms. The van der Waals surface area contributed by atoms with Gasteiger partial charge in [0.05, 0.1) is 19.5 Å². The summed E-state index contributed by atoms with van der Waals surface area (Å²) >= 11 is 0. The summed E-state index contributed by atoms with van der Waals surface area (Å²) in [6.07, 6.45) is 8.74. The minimum Gasteiger partial charge on any atom is -0.493 e. The van der Waals surface area contributed by atoms with Gasteiger partial charge in [-0.15, -0.1) is 0 Å². The molecule has 0 aromatic carbocycles. The van der Waals surface area contributed by atoms with E-state index in [1.807, 2.05) is 6.08 Å². The standard InChI is InChI=1S/C16H30O5/c1-2-3-4-5-6-7-8-9-10-20-14(11-17)16-15(19)13(18)12-21-16/h9-10,13-19H,2-8,11-12H2,1H3/t13-,14+,15+,16+/m0/s1. The number of aliphatic hydroxyl groups excluding tert-OH is 3. The molecule has 1 fully saturated rings. The van der Waals surface area contributed by atoms with E-state index in [9.17, 15) is 15.3 Å². The quantitative estimate of drug-likeness (QED) is 0.400. The van der Waals surface area contributed by atoms with Gasteiger partial charge in [-0.25, -0.2) is 0 Å². The number of hydrogen-bond donors (Lipinski definition) is 3. The van der Waals surface area contributed by atoms with Gasteiger partial charge in [-0.2, -0.15) is 0 Å². The molecular formula is C16H30O5. The maximum atomic E-state index is 9.71. The normalized spacial score (nSPS) is 27.3. The van der Waals surface area contributed by atoms with Gasteiger partial charge in [0.25, 0.3) is 0 Å². The fourth-order valence-electron chi connectivity index (χ4n) is 2.44. The summed E-state index contributed by atoms with van der Waals surface area (Å²) in [6, 6.07) is 0. The van der Waals surface area contributed by atoms with Crippen LogP contribution in [-0.4, -0.2) is 52.9 Å². The average molecular weight is 302 g/mol. The third-order valence-corrected chi connectivity index (χ3v) is 3.81. The van der Waals surface area contributed by atoms with E-state index in [1.165, 1.54) is 32.1 Å². The molecule has 1 aliphatic rings. The smallest absolute Gasteiger partial charge is 0.149 e. The predicted octanol–water partition coefficient (Wildman–Crippen LogP) is 1.75. The van der Waals surface area contributed by atoms with Crippen molar-refractivity contribution in [1.82, 2.24) is 0 Å². The summed E-state index contributed by atoms with van der Waals surface area (Å²) in [5.74, 6) is 0. The van der Waals surface area contributed by atoms with E-state index in [0.29, 0.717) is 0 Å². The van der Waals surface area contributed by atoms with Crippen LogP contribution in [0.25, 0.3) is 0 Å². The first kappa shape index (κ1) is 18.4. The molecule has 1 saturated heterocycles. The molecule has 1 rings (SSSR count). The number of rotatable bonds is 11. The Kier molecular flexibility index (Phi) is 9.67. The second-order valence-corrected chi connectivity index (χ2v) is 5.64. The van der Waals surface area contributed by atoms with Crippen molar-refractivity contribution >= 4 is 0 Å². The number of hydrogen-bond acceptors (Lipinski definition) is 5. The highest BCUT2D eigenvalue weighted by Gasteiger charge is 2.40. The Balaban J connectivity index is 2.13. The molecule has 0 bridgehead atoms. The molecule has 4 atom stereocenters. The molecule has 0 amide bonds. The molecule has 0 aromatic rings. The molecule has 124 valence electrons. The van der Waals surface area contributed by atoms with Gasteiger partial charge in [0, 0.05) is 0 Å². The number of ether oxygens (including phenoxy) is 2. The molecule has 3 N–H and O–H groups in total. The fraction of sp³-hybridized carbons (Fsp3) is 0.875. The Morgan fingerprint density at radius 3 is 2.52 bits per heavy atom. The van der Waals surface area contributed by atoms with Crippen LogP contribution in [-0.2, 0) is 9.47 Å². The minimum atomic E-state index is -1.01. The van der Waals surface area contributed by atoms with Crippen molar-refractivity contribution in [3.63, 3.8) is 0 Å². The summed E-state index contributed by atoms with van der Waals surface area (Å²) < 4.78 is 10.7. The van der Waals surface area contributed by atoms with Gasteiger partial charge in [-0.1, -0.05) is 39.0 Å². The van der Waals surface area contributed by atoms with Crippen molar-refractivity contribution in [3.8, 4) is 0 Å². The number of unbranched alkanes of at least 4 members (excludes halogenated alkanes) is 6. The zero-order valence-electron chi connectivity index (χ0n) is 13.0. The average Bonchev–Trinajstić information content (AvgIpc) is 2.82. The van der Waals surface area contributed by atoms with Crippen LogP contribution in [0.2, 0.25) is 0 Å². The van der Waals surface area contributed by atoms with Crippen LogP contribution in [0.15, 0.2) is 12.3 Å². The zero-order valence-corrected chi connectivity index (χ0v) is 13.0. The van der Waals surface area contributed by atoms with E-state index < -0.39 is 24.4 Å². The topological polar surface area (TPSA) is 79.2 Å². The van der Waals surface area contributed by atoms with Crippen LogP contribution in [0.5, 0.6) is 0 Å². The third-order valence-electron chi connectivity index (χ3n) is 3.81. The Labute approximate surface area is 127 Å². The van der Waals surface area contributed by atoms with Crippen LogP contribution in [0.1, 0.15) is 51.9 Å². The van der Waals surface area contributed by atoms with Gasteiger partial charge in [-0.05, 0) is 18.9 Å². The monoisotopic (exact) mass is 302 g/mol. The summed E-state index contributed by atoms with van der Waals surface area (Å²) in [5, 5.41) is 28.4. The van der Waals surface area contributed by atoms with Crippen LogP contribution >= 0.6 is 0 Å². The van der Waals surface area contributed by atoms with E-state index >= 15 is 0 Å². The fourth-order valence-corrected chi connectivity index (χ4v) is 2.44. The summed E-state index contributed by atoms with van der Waals surface area (Å²) in [6.45, 7) is 2.03. The van der Waals surface area contributed by atoms with E-state index in [-0.39, 0.29) is 13.2 Å². The van der Waals surface area contributed by atoms with Gasteiger partial charge >= 0.3 is 0 Å². The lowest BCUT2D eigenvalue weighted by molar-refractivity contribution is -0.0737. The van der Waals surface area contributed by atoms with Crippen molar-refractivity contribution in [2.45, 2.75) is 76.3 Å². The highest BCUT2D eigenvalue weighted by molar-refractivity contribution is 4.90. The van der Waals surface area contributed by atoms with Crippen LogP contribution < -0.4 is 0 Å². The predicted molar refractivity (Wildman–Crippen MR) is 80.8 cm³/mol. The first-order valence-electron chi connectivity index (χ1n) is 8.09. The summed E-state index contributed by atoms with van der Waals surface area (Å²) in [5.41, 5.74) is 0. The third kappa shape index (κ3) is 6.78. The number of allylic oxidation sites excluding steroid dienone is 1. The molecule has 5 heteroatoms. The SMILES string of the molecule is CCCCCCCCC=CO[C@H](CO)[C@H]1OC[C@H](O)[C@H]1O. The van der Waals surface area contributed by atoms with Crippen LogP contribution in [0.4, 0.5) is 0 Å². The highest BCUT2D eigenvalue weighted by Crippen LogP contribution is 2.19. The Morgan fingerprint density at radius 2 is 1.90 bits per heavy atom. The molecule has 0 radical (unpaired) electrons. The van der Waals surface area contributed by atoms with Gasteiger partial charge in [-0.3, -0.25) is 0 Å². The lowest BCUT2D eigenvalue weighted by Crippen LogP contribution is -2.41. The Morgan fingerprint density at radius 1 is 1.19 bits per heavy atom. The molecule has 0 saturated carbocycles. The van der Waals surface area contributed by atoms with E-state index in [4.69, 9.17) is 9.47 Å². The maximum Gasteiger partial charge on any atom is 0.149 e. The second kappa shape index (κ2) is 11.0. The molecule has 0 unspecified atom stereocenters. The lowest BCUT2D eigenvalue weighted by atomic mass is 10.1. The molecule has 0 aromatic heterocycles. The first-order valence-corrected chi connectivity index (χ1v) is 8.09. The zero-order chi connectivity index (χ0) is 15.5. The second-order valence-electron chi connectivity index (χ2n) is 5.64. The summed E-state index contributed by atoms with van der Waals surface area (Å²) in [4.78, 5) is 0. The van der Waals surface area contributed by atoms with Crippen LogP contribution in [0.3, 0.4) is 0 Å². The van der Waals surface area contributed by atoms with Crippen molar-refractivity contribution in [1.29, 1.82) is 0 Å². The molecule has 5 nitrogen and oxygen atoms in total. The van der Waals surface area contributed by atoms with Crippen molar-refractivity contribution in [3.05, 3.63) is 12.3 Å². The molecule has 1 aliphatic heterocycles. The van der Waals surface area contributed by atoms with E-state index in [0.717, 1.165) is 12.8 Å². The van der Waals surface area contributed by atoms with Gasteiger partial charge in [0.1, 0.15) is 24.4 Å². The molecule has 0 spiro atoms. The van der Waals surface area contributed by atoms with Gasteiger partial charge < -0.3 is 24.8 Å². The molecule has 1 heterocycles. The Hall–Kier alpha value is -0.620. The van der Waals surface area contributed by atoms with Crippen LogP contribution in [0, 0.1) is 0 Å². The Bertz CT molecular complexity index is 282. The van der Waals surface area contributed by atoms with Crippen molar-refractivity contribution < 1.29 is 24.8 Å². The minimum absolute atomic E-state index is 0.0766.